The van der Waals surface area contributed by atoms with E-state index < -0.39 is 0 Å². The first-order valence-corrected chi connectivity index (χ1v) is 7.23. The molecule has 0 spiro atoms. The summed E-state index contributed by atoms with van der Waals surface area (Å²) in [7, 11) is 1.71. The number of carbonyl (C=O) groups is 1. The van der Waals surface area contributed by atoms with Gasteiger partial charge in [0.1, 0.15) is 0 Å². The fourth-order valence-electron chi connectivity index (χ4n) is 1.63. The van der Waals surface area contributed by atoms with Crippen molar-refractivity contribution in [2.24, 2.45) is 4.99 Å². The molecule has 1 amide bonds. The second kappa shape index (κ2) is 9.89. The number of guanidine groups is 1. The molecule has 0 atom stereocenters. The van der Waals surface area contributed by atoms with Gasteiger partial charge in [0.15, 0.2) is 5.96 Å². The monoisotopic (exact) mass is 438 g/mol. The molecule has 0 aliphatic heterocycles. The van der Waals surface area contributed by atoms with Crippen molar-refractivity contribution in [2.45, 2.75) is 26.3 Å². The summed E-state index contributed by atoms with van der Waals surface area (Å²) in [5, 5.41) is 9.64. The number of halogens is 2. The number of hydrogen-bond donors (Lipinski definition) is 3. The summed E-state index contributed by atoms with van der Waals surface area (Å²) in [5.74, 6) is 0.524. The van der Waals surface area contributed by atoms with Crippen LogP contribution in [0.25, 0.3) is 0 Å². The molecule has 0 aliphatic rings. The van der Waals surface area contributed by atoms with E-state index in [9.17, 15) is 4.79 Å². The van der Waals surface area contributed by atoms with E-state index in [0.29, 0.717) is 29.6 Å². The topological polar surface area (TPSA) is 65.5 Å². The lowest BCUT2D eigenvalue weighted by Gasteiger charge is -2.23. The minimum Gasteiger partial charge on any atom is -0.355 e. The smallest absolute Gasteiger partial charge is 0.252 e. The van der Waals surface area contributed by atoms with Gasteiger partial charge < -0.3 is 16.0 Å². The molecule has 3 N–H and O–H groups in total. The lowest BCUT2D eigenvalue weighted by molar-refractivity contribution is 0.0954. The van der Waals surface area contributed by atoms with E-state index in [4.69, 9.17) is 11.6 Å². The average Bonchev–Trinajstić information content (AvgIpc) is 2.41. The van der Waals surface area contributed by atoms with Gasteiger partial charge in [-0.15, -0.1) is 24.0 Å². The van der Waals surface area contributed by atoms with Gasteiger partial charge in [0.2, 0.25) is 0 Å². The van der Waals surface area contributed by atoms with Crippen LogP contribution in [0.4, 0.5) is 0 Å². The van der Waals surface area contributed by atoms with Crippen LogP contribution in [0.15, 0.2) is 29.3 Å². The quantitative estimate of drug-likeness (QED) is 0.293. The van der Waals surface area contributed by atoms with Crippen molar-refractivity contribution >= 4 is 47.4 Å². The minimum absolute atomic E-state index is 0. The van der Waals surface area contributed by atoms with E-state index in [1.54, 1.807) is 31.3 Å². The molecule has 1 aromatic carbocycles. The summed E-state index contributed by atoms with van der Waals surface area (Å²) in [6, 6.07) is 6.98. The molecular weight excluding hydrogens is 415 g/mol. The van der Waals surface area contributed by atoms with E-state index in [-0.39, 0.29) is 35.4 Å². The van der Waals surface area contributed by atoms with Crippen LogP contribution in [0.5, 0.6) is 0 Å². The van der Waals surface area contributed by atoms with Crippen LogP contribution in [0.2, 0.25) is 5.02 Å². The lowest BCUT2D eigenvalue weighted by Crippen LogP contribution is -2.49. The Morgan fingerprint density at radius 1 is 1.18 bits per heavy atom. The van der Waals surface area contributed by atoms with Gasteiger partial charge in [-0.2, -0.15) is 0 Å². The number of aliphatic imine (C=N–C) groups is 1. The third kappa shape index (κ3) is 7.84. The minimum atomic E-state index is -0.179. The zero-order chi connectivity index (χ0) is 15.9. The lowest BCUT2D eigenvalue weighted by atomic mass is 10.1. The molecule has 5 nitrogen and oxygen atoms in total. The molecule has 0 saturated carbocycles. The highest BCUT2D eigenvalue weighted by Gasteiger charge is 2.12. The molecular formula is C15H24ClIN4O. The van der Waals surface area contributed by atoms with Crippen LogP contribution in [-0.2, 0) is 0 Å². The summed E-state index contributed by atoms with van der Waals surface area (Å²) < 4.78 is 0. The fourth-order valence-corrected chi connectivity index (χ4v) is 1.85. The molecule has 0 saturated heterocycles. The zero-order valence-corrected chi connectivity index (χ0v) is 16.5. The number of nitrogens with one attached hydrogen (secondary N) is 3. The van der Waals surface area contributed by atoms with Gasteiger partial charge in [0.05, 0.1) is 10.6 Å². The number of rotatable bonds is 4. The molecule has 0 aromatic heterocycles. The van der Waals surface area contributed by atoms with Crippen molar-refractivity contribution in [3.8, 4) is 0 Å². The van der Waals surface area contributed by atoms with Crippen molar-refractivity contribution in [1.82, 2.24) is 16.0 Å². The molecule has 124 valence electrons. The Labute approximate surface area is 154 Å². The predicted octanol–water partition coefficient (Wildman–Crippen LogP) is 2.65. The molecule has 0 fully saturated rings. The Morgan fingerprint density at radius 2 is 1.77 bits per heavy atom. The molecule has 7 heteroatoms. The van der Waals surface area contributed by atoms with Crippen LogP contribution in [-0.4, -0.2) is 37.5 Å². The van der Waals surface area contributed by atoms with Crippen LogP contribution >= 0.6 is 35.6 Å². The normalized spacial score (nSPS) is 11.4. The number of hydrogen-bond acceptors (Lipinski definition) is 2. The second-order valence-electron chi connectivity index (χ2n) is 5.61. The Morgan fingerprint density at radius 3 is 2.32 bits per heavy atom. The predicted molar refractivity (Wildman–Crippen MR) is 103 cm³/mol. The largest absolute Gasteiger partial charge is 0.355 e. The highest BCUT2D eigenvalue weighted by molar-refractivity contribution is 14.0. The number of amides is 1. The van der Waals surface area contributed by atoms with Crippen LogP contribution in [0.1, 0.15) is 31.1 Å². The third-order valence-corrected chi connectivity index (χ3v) is 2.87. The standard InChI is InChI=1S/C15H23ClN4O.HI/c1-15(2,3)20-14(17-4)19-10-9-18-13(21)11-7-5-6-8-12(11)16;/h5-8H,9-10H2,1-4H3,(H,18,21)(H2,17,19,20);1H. The number of benzene rings is 1. The van der Waals surface area contributed by atoms with Crippen LogP contribution < -0.4 is 16.0 Å². The van der Waals surface area contributed by atoms with Crippen molar-refractivity contribution in [3.63, 3.8) is 0 Å². The van der Waals surface area contributed by atoms with Gasteiger partial charge in [-0.3, -0.25) is 9.79 Å². The summed E-state index contributed by atoms with van der Waals surface area (Å²) >= 11 is 5.97. The highest BCUT2D eigenvalue weighted by Crippen LogP contribution is 2.14. The Hall–Kier alpha value is -1.02. The summed E-state index contributed by atoms with van der Waals surface area (Å²) in [6.45, 7) is 7.22. The maximum Gasteiger partial charge on any atom is 0.252 e. The molecule has 22 heavy (non-hydrogen) atoms. The molecule has 0 heterocycles. The van der Waals surface area contributed by atoms with Gasteiger partial charge in [0, 0.05) is 25.7 Å². The van der Waals surface area contributed by atoms with E-state index in [2.05, 4.69) is 41.7 Å². The van der Waals surface area contributed by atoms with Gasteiger partial charge >= 0.3 is 0 Å². The molecule has 0 radical (unpaired) electrons. The molecule has 0 bridgehead atoms. The number of nitrogens with zero attached hydrogens (tertiary/aromatic N) is 1. The van der Waals surface area contributed by atoms with Crippen LogP contribution in [0.3, 0.4) is 0 Å². The van der Waals surface area contributed by atoms with E-state index >= 15 is 0 Å². The Balaban J connectivity index is 0.00000441. The first kappa shape index (κ1) is 21.0. The maximum atomic E-state index is 11.9. The van der Waals surface area contributed by atoms with Crippen molar-refractivity contribution in [1.29, 1.82) is 0 Å². The fraction of sp³-hybridized carbons (Fsp3) is 0.467. The Kier molecular flexibility index (Phi) is 9.43. The third-order valence-electron chi connectivity index (χ3n) is 2.54. The zero-order valence-electron chi connectivity index (χ0n) is 13.4. The molecule has 1 aromatic rings. The van der Waals surface area contributed by atoms with Crippen molar-refractivity contribution in [3.05, 3.63) is 34.9 Å². The van der Waals surface area contributed by atoms with Crippen LogP contribution in [0, 0.1) is 0 Å². The molecule has 0 aliphatic carbocycles. The van der Waals surface area contributed by atoms with Gasteiger partial charge in [0.25, 0.3) is 5.91 Å². The van der Waals surface area contributed by atoms with Gasteiger partial charge in [-0.1, -0.05) is 23.7 Å². The van der Waals surface area contributed by atoms with E-state index in [0.717, 1.165) is 0 Å². The average molecular weight is 439 g/mol. The van der Waals surface area contributed by atoms with E-state index in [1.807, 2.05) is 0 Å². The maximum absolute atomic E-state index is 11.9. The first-order valence-electron chi connectivity index (χ1n) is 6.85. The molecule has 1 rings (SSSR count). The SMILES string of the molecule is CN=C(NCCNC(=O)c1ccccc1Cl)NC(C)(C)C.I. The summed E-state index contributed by atoms with van der Waals surface area (Å²) in [6.07, 6.45) is 0. The Bertz CT molecular complexity index is 515. The molecule has 0 unspecified atom stereocenters. The second-order valence-corrected chi connectivity index (χ2v) is 6.02. The highest BCUT2D eigenvalue weighted by atomic mass is 127. The van der Waals surface area contributed by atoms with Gasteiger partial charge in [-0.05, 0) is 32.9 Å². The van der Waals surface area contributed by atoms with Gasteiger partial charge in [-0.25, -0.2) is 0 Å². The summed E-state index contributed by atoms with van der Waals surface area (Å²) in [4.78, 5) is 16.1. The van der Waals surface area contributed by atoms with Crippen molar-refractivity contribution < 1.29 is 4.79 Å². The summed E-state index contributed by atoms with van der Waals surface area (Å²) in [5.41, 5.74) is 0.416. The number of carbonyl (C=O) groups excluding carboxylic acids is 1. The van der Waals surface area contributed by atoms with E-state index in [1.165, 1.54) is 0 Å². The first-order chi connectivity index (χ1) is 9.83. The van der Waals surface area contributed by atoms with Crippen molar-refractivity contribution in [2.75, 3.05) is 20.1 Å².